The third-order valence-electron chi connectivity index (χ3n) is 2.02. The second-order valence-corrected chi connectivity index (χ2v) is 3.44. The normalized spacial score (nSPS) is 11.6. The van der Waals surface area contributed by atoms with Crippen LogP contribution in [-0.2, 0) is 4.79 Å². The van der Waals surface area contributed by atoms with Crippen molar-refractivity contribution in [3.05, 3.63) is 30.3 Å². The summed E-state index contributed by atoms with van der Waals surface area (Å²) in [5, 5.41) is 13.7. The van der Waals surface area contributed by atoms with Gasteiger partial charge in [-0.25, -0.2) is 4.79 Å². The lowest BCUT2D eigenvalue weighted by Gasteiger charge is -2.09. The number of carbonyl (C=O) groups excluding carboxylic acids is 1. The summed E-state index contributed by atoms with van der Waals surface area (Å²) in [6.45, 7) is 1.64. The zero-order chi connectivity index (χ0) is 12.0. The Kier molecular flexibility index (Phi) is 4.32. The van der Waals surface area contributed by atoms with E-state index >= 15 is 0 Å². The van der Waals surface area contributed by atoms with Crippen molar-refractivity contribution in [1.29, 1.82) is 0 Å². The maximum atomic E-state index is 11.3. The van der Waals surface area contributed by atoms with E-state index in [9.17, 15) is 9.59 Å². The molecule has 1 unspecified atom stereocenters. The Morgan fingerprint density at radius 1 is 1.31 bits per heavy atom. The highest BCUT2D eigenvalue weighted by molar-refractivity contribution is 5.89. The molecule has 0 fully saturated rings. The fourth-order valence-electron chi connectivity index (χ4n) is 1.03. The molecule has 5 heteroatoms. The van der Waals surface area contributed by atoms with Gasteiger partial charge in [0, 0.05) is 12.2 Å². The van der Waals surface area contributed by atoms with Crippen LogP contribution in [0.25, 0.3) is 0 Å². The molecule has 0 aromatic heterocycles. The molecule has 16 heavy (non-hydrogen) atoms. The number of carboxylic acid groups (broad SMARTS) is 1. The summed E-state index contributed by atoms with van der Waals surface area (Å²) < 4.78 is 0. The fraction of sp³-hybridized carbons (Fsp3) is 0.273. The van der Waals surface area contributed by atoms with E-state index in [1.54, 1.807) is 24.3 Å². The van der Waals surface area contributed by atoms with Crippen molar-refractivity contribution in [2.75, 3.05) is 11.9 Å². The molecule has 0 radical (unpaired) electrons. The van der Waals surface area contributed by atoms with Crippen molar-refractivity contribution in [2.45, 2.75) is 6.92 Å². The first kappa shape index (κ1) is 12.0. The zero-order valence-electron chi connectivity index (χ0n) is 8.93. The number of benzene rings is 1. The van der Waals surface area contributed by atoms with E-state index in [0.717, 1.165) is 0 Å². The first-order chi connectivity index (χ1) is 7.59. The summed E-state index contributed by atoms with van der Waals surface area (Å²) in [4.78, 5) is 21.8. The molecule has 3 N–H and O–H groups in total. The molecular weight excluding hydrogens is 208 g/mol. The average Bonchev–Trinajstić information content (AvgIpc) is 2.27. The van der Waals surface area contributed by atoms with Gasteiger partial charge in [-0.15, -0.1) is 0 Å². The summed E-state index contributed by atoms with van der Waals surface area (Å²) in [7, 11) is 0. The third-order valence-corrected chi connectivity index (χ3v) is 2.02. The predicted octanol–water partition coefficient (Wildman–Crippen LogP) is 1.53. The molecule has 0 aliphatic heterocycles. The smallest absolute Gasteiger partial charge is 0.319 e. The Hall–Kier alpha value is -2.04. The highest BCUT2D eigenvalue weighted by atomic mass is 16.4. The van der Waals surface area contributed by atoms with Crippen LogP contribution in [0.5, 0.6) is 0 Å². The Bertz CT molecular complexity index is 365. The van der Waals surface area contributed by atoms with Crippen molar-refractivity contribution < 1.29 is 14.7 Å². The summed E-state index contributed by atoms with van der Waals surface area (Å²) in [6.07, 6.45) is 0. The maximum absolute atomic E-state index is 11.3. The van der Waals surface area contributed by atoms with Crippen LogP contribution in [-0.4, -0.2) is 23.7 Å². The maximum Gasteiger partial charge on any atom is 0.319 e. The van der Waals surface area contributed by atoms with Gasteiger partial charge in [-0.2, -0.15) is 0 Å². The minimum Gasteiger partial charge on any atom is -0.481 e. The number of hydrogen-bond donors (Lipinski definition) is 3. The third kappa shape index (κ3) is 4.00. The molecule has 5 nitrogen and oxygen atoms in total. The topological polar surface area (TPSA) is 78.4 Å². The highest BCUT2D eigenvalue weighted by Gasteiger charge is 2.11. The first-order valence-electron chi connectivity index (χ1n) is 4.92. The number of carboxylic acids is 1. The molecule has 1 atom stereocenters. The summed E-state index contributed by atoms with van der Waals surface area (Å²) in [6, 6.07) is 8.54. The Morgan fingerprint density at radius 2 is 1.94 bits per heavy atom. The summed E-state index contributed by atoms with van der Waals surface area (Å²) in [5.74, 6) is -1.53. The Morgan fingerprint density at radius 3 is 2.50 bits per heavy atom. The van der Waals surface area contributed by atoms with Crippen LogP contribution in [0.3, 0.4) is 0 Å². The molecule has 2 amide bonds. The summed E-state index contributed by atoms with van der Waals surface area (Å²) in [5.41, 5.74) is 0.669. The lowest BCUT2D eigenvalue weighted by molar-refractivity contribution is -0.140. The molecule has 86 valence electrons. The van der Waals surface area contributed by atoms with Gasteiger partial charge >= 0.3 is 12.0 Å². The Labute approximate surface area is 93.5 Å². The largest absolute Gasteiger partial charge is 0.481 e. The van der Waals surface area contributed by atoms with E-state index in [-0.39, 0.29) is 6.54 Å². The first-order valence-corrected chi connectivity index (χ1v) is 4.92. The number of urea groups is 1. The van der Waals surface area contributed by atoms with E-state index < -0.39 is 17.9 Å². The average molecular weight is 222 g/mol. The lowest BCUT2D eigenvalue weighted by Crippen LogP contribution is -2.34. The molecule has 0 aliphatic carbocycles. The number of nitrogens with one attached hydrogen (secondary N) is 2. The van der Waals surface area contributed by atoms with Crippen molar-refractivity contribution in [3.63, 3.8) is 0 Å². The van der Waals surface area contributed by atoms with Gasteiger partial charge in [0.05, 0.1) is 5.92 Å². The van der Waals surface area contributed by atoms with E-state index in [0.29, 0.717) is 5.69 Å². The van der Waals surface area contributed by atoms with Crippen LogP contribution < -0.4 is 10.6 Å². The van der Waals surface area contributed by atoms with Crippen LogP contribution in [0.2, 0.25) is 0 Å². The van der Waals surface area contributed by atoms with Gasteiger partial charge in [0.2, 0.25) is 0 Å². The minimum atomic E-state index is -0.931. The van der Waals surface area contributed by atoms with Gasteiger partial charge in [0.1, 0.15) is 0 Å². The zero-order valence-corrected chi connectivity index (χ0v) is 8.93. The van der Waals surface area contributed by atoms with E-state index in [4.69, 9.17) is 5.11 Å². The molecule has 0 saturated carbocycles. The standard InChI is InChI=1S/C11H14N2O3/c1-8(10(14)15)7-12-11(16)13-9-5-3-2-4-6-9/h2-6,8H,7H2,1H3,(H,14,15)(H2,12,13,16). The minimum absolute atomic E-state index is 0.105. The van der Waals surface area contributed by atoms with Gasteiger partial charge in [-0.1, -0.05) is 25.1 Å². The molecular formula is C11H14N2O3. The highest BCUT2D eigenvalue weighted by Crippen LogP contribution is 2.04. The molecule has 1 aromatic carbocycles. The van der Waals surface area contributed by atoms with Crippen molar-refractivity contribution >= 4 is 17.7 Å². The van der Waals surface area contributed by atoms with Crippen LogP contribution in [0.15, 0.2) is 30.3 Å². The number of anilines is 1. The van der Waals surface area contributed by atoms with Gasteiger partial charge < -0.3 is 15.7 Å². The van der Waals surface area contributed by atoms with E-state index in [2.05, 4.69) is 10.6 Å². The SMILES string of the molecule is CC(CNC(=O)Nc1ccccc1)C(=O)O. The molecule has 0 aliphatic rings. The monoisotopic (exact) mass is 222 g/mol. The van der Waals surface area contributed by atoms with Crippen molar-refractivity contribution in [1.82, 2.24) is 5.32 Å². The number of hydrogen-bond acceptors (Lipinski definition) is 2. The fourth-order valence-corrected chi connectivity index (χ4v) is 1.03. The quantitative estimate of drug-likeness (QED) is 0.722. The molecule has 0 saturated heterocycles. The molecule has 0 spiro atoms. The van der Waals surface area contributed by atoms with Gasteiger partial charge in [-0.3, -0.25) is 4.79 Å². The van der Waals surface area contributed by atoms with Crippen LogP contribution in [0.4, 0.5) is 10.5 Å². The number of aliphatic carboxylic acids is 1. The number of amides is 2. The van der Waals surface area contributed by atoms with Gasteiger partial charge in [0.15, 0.2) is 0 Å². The number of para-hydroxylation sites is 1. The predicted molar refractivity (Wildman–Crippen MR) is 60.3 cm³/mol. The van der Waals surface area contributed by atoms with Crippen molar-refractivity contribution in [3.8, 4) is 0 Å². The van der Waals surface area contributed by atoms with Gasteiger partial charge in [0.25, 0.3) is 0 Å². The van der Waals surface area contributed by atoms with Crippen LogP contribution >= 0.6 is 0 Å². The van der Waals surface area contributed by atoms with E-state index in [1.807, 2.05) is 6.07 Å². The second kappa shape index (κ2) is 5.75. The molecule has 1 aromatic rings. The lowest BCUT2D eigenvalue weighted by atomic mass is 10.2. The van der Waals surface area contributed by atoms with Crippen molar-refractivity contribution in [2.24, 2.45) is 5.92 Å². The van der Waals surface area contributed by atoms with Crippen LogP contribution in [0, 0.1) is 5.92 Å². The summed E-state index contributed by atoms with van der Waals surface area (Å²) >= 11 is 0. The molecule has 0 bridgehead atoms. The number of rotatable bonds is 4. The van der Waals surface area contributed by atoms with E-state index in [1.165, 1.54) is 6.92 Å². The van der Waals surface area contributed by atoms with Gasteiger partial charge in [-0.05, 0) is 12.1 Å². The second-order valence-electron chi connectivity index (χ2n) is 3.44. The molecule has 1 rings (SSSR count). The molecule has 0 heterocycles. The Balaban J connectivity index is 2.35. The van der Waals surface area contributed by atoms with Crippen LogP contribution in [0.1, 0.15) is 6.92 Å². The number of carbonyl (C=O) groups is 2.